The van der Waals surface area contributed by atoms with Gasteiger partial charge in [-0.15, -0.1) is 0 Å². The van der Waals surface area contributed by atoms with E-state index in [2.05, 4.69) is 54.8 Å². The van der Waals surface area contributed by atoms with E-state index in [1.807, 2.05) is 25.1 Å². The highest BCUT2D eigenvalue weighted by atomic mass is 16.5. The zero-order valence-electron chi connectivity index (χ0n) is 22.0. The summed E-state index contributed by atoms with van der Waals surface area (Å²) in [6.07, 6.45) is 3.98. The number of piperazine rings is 1. The maximum absolute atomic E-state index is 12.5. The summed E-state index contributed by atoms with van der Waals surface area (Å²) >= 11 is 0. The molecule has 6 rings (SSSR count). The van der Waals surface area contributed by atoms with Crippen molar-refractivity contribution in [3.63, 3.8) is 0 Å². The van der Waals surface area contributed by atoms with Crippen LogP contribution in [0.5, 0.6) is 0 Å². The number of hydrogen-bond acceptors (Lipinski definition) is 9. The number of hydrogen-bond donors (Lipinski definition) is 4. The van der Waals surface area contributed by atoms with Crippen LogP contribution in [0.15, 0.2) is 30.3 Å². The molecule has 4 heterocycles. The topological polar surface area (TPSA) is 137 Å². The zero-order valence-corrected chi connectivity index (χ0v) is 22.0. The molecule has 2 saturated heterocycles. The second-order valence-electron chi connectivity index (χ2n) is 10.7. The van der Waals surface area contributed by atoms with Crippen molar-refractivity contribution in [2.45, 2.75) is 44.2 Å². The third-order valence-corrected chi connectivity index (χ3v) is 7.72. The number of nitrogens with one attached hydrogen (secondary N) is 3. The second-order valence-corrected chi connectivity index (χ2v) is 10.7. The van der Waals surface area contributed by atoms with Gasteiger partial charge in [0.2, 0.25) is 0 Å². The number of anilines is 4. The number of benzene rings is 1. The number of rotatable bonds is 7. The number of nitrogens with two attached hydrogens (primary N) is 1. The minimum atomic E-state index is -0.655. The molecule has 3 aromatic rings. The van der Waals surface area contributed by atoms with Crippen LogP contribution in [0.4, 0.5) is 23.0 Å². The molecule has 0 radical (unpaired) electrons. The van der Waals surface area contributed by atoms with Crippen LogP contribution in [0.25, 0.3) is 11.4 Å². The van der Waals surface area contributed by atoms with Gasteiger partial charge in [0.15, 0.2) is 17.3 Å². The summed E-state index contributed by atoms with van der Waals surface area (Å²) in [6.45, 7) is 6.72. The molecule has 200 valence electrons. The van der Waals surface area contributed by atoms with Crippen LogP contribution in [0.2, 0.25) is 0 Å². The van der Waals surface area contributed by atoms with Crippen LogP contribution in [-0.2, 0) is 4.74 Å². The summed E-state index contributed by atoms with van der Waals surface area (Å²) < 4.78 is 6.00. The first-order valence-electron chi connectivity index (χ1n) is 13.3. The van der Waals surface area contributed by atoms with Gasteiger partial charge < -0.3 is 30.9 Å². The van der Waals surface area contributed by atoms with E-state index in [0.29, 0.717) is 29.6 Å². The summed E-state index contributed by atoms with van der Waals surface area (Å²) in [7, 11) is 2.15. The van der Waals surface area contributed by atoms with Gasteiger partial charge in [-0.05, 0) is 70.0 Å². The van der Waals surface area contributed by atoms with Gasteiger partial charge >= 0.3 is 0 Å². The Bertz CT molecular complexity index is 1310. The predicted molar refractivity (Wildman–Crippen MR) is 147 cm³/mol. The molecule has 2 aromatic heterocycles. The van der Waals surface area contributed by atoms with Crippen molar-refractivity contribution >= 4 is 28.9 Å². The number of likely N-dealkylation sites (N-methyl/N-ethyl adjacent to an activating group) is 1. The van der Waals surface area contributed by atoms with Gasteiger partial charge in [0.1, 0.15) is 11.4 Å². The highest BCUT2D eigenvalue weighted by Crippen LogP contribution is 2.47. The summed E-state index contributed by atoms with van der Waals surface area (Å²) in [4.78, 5) is 26.7. The lowest BCUT2D eigenvalue weighted by atomic mass is 10.0. The Morgan fingerprint density at radius 3 is 2.55 bits per heavy atom. The SMILES string of the molecule is Cc1cc(-c2nc(C(N)=O)c(Nc3ccc(N4CCN(C)CC4)cc3)nc2NC2CCOC3(CC3)C2)n[nH]1. The van der Waals surface area contributed by atoms with Crippen molar-refractivity contribution in [3.05, 3.63) is 41.7 Å². The van der Waals surface area contributed by atoms with Gasteiger partial charge in [0.25, 0.3) is 5.91 Å². The van der Waals surface area contributed by atoms with E-state index in [0.717, 1.165) is 63.2 Å². The average molecular weight is 518 g/mol. The summed E-state index contributed by atoms with van der Waals surface area (Å²) in [5.41, 5.74) is 9.82. The van der Waals surface area contributed by atoms with Crippen LogP contribution >= 0.6 is 0 Å². The molecule has 1 atom stereocenters. The lowest BCUT2D eigenvalue weighted by molar-refractivity contribution is -0.00884. The number of aromatic nitrogens is 4. The lowest BCUT2D eigenvalue weighted by Gasteiger charge is -2.34. The molecule has 3 fully saturated rings. The Kier molecular flexibility index (Phi) is 6.40. The monoisotopic (exact) mass is 517 g/mol. The normalized spacial score (nSPS) is 20.9. The number of amides is 1. The number of aryl methyl sites for hydroxylation is 1. The molecule has 2 aliphatic heterocycles. The molecule has 1 saturated carbocycles. The Balaban J connectivity index is 1.30. The fourth-order valence-corrected chi connectivity index (χ4v) is 5.30. The van der Waals surface area contributed by atoms with Crippen molar-refractivity contribution < 1.29 is 9.53 Å². The van der Waals surface area contributed by atoms with E-state index < -0.39 is 5.91 Å². The van der Waals surface area contributed by atoms with Gasteiger partial charge in [-0.2, -0.15) is 5.10 Å². The van der Waals surface area contributed by atoms with Gasteiger partial charge in [-0.25, -0.2) is 9.97 Å². The van der Waals surface area contributed by atoms with E-state index in [-0.39, 0.29) is 17.3 Å². The summed E-state index contributed by atoms with van der Waals surface area (Å²) in [6, 6.07) is 10.2. The van der Waals surface area contributed by atoms with Crippen LogP contribution in [0, 0.1) is 6.92 Å². The molecule has 38 heavy (non-hydrogen) atoms. The van der Waals surface area contributed by atoms with E-state index in [1.165, 1.54) is 5.69 Å². The quantitative estimate of drug-likeness (QED) is 0.373. The standard InChI is InChI=1S/C27H35N9O2/c1-17-15-21(34-33-17)22-25(30-19-7-14-38-27(16-19)8-9-27)32-26(23(31-22)24(28)37)29-18-3-5-20(6-4-18)36-12-10-35(2)11-13-36/h3-6,15,19H,7-14,16H2,1-2H3,(H2,28,37)(H,33,34)(H2,29,30,32). The van der Waals surface area contributed by atoms with Gasteiger partial charge in [-0.1, -0.05) is 0 Å². The lowest BCUT2D eigenvalue weighted by Crippen LogP contribution is -2.44. The van der Waals surface area contributed by atoms with Crippen molar-refractivity contribution in [1.29, 1.82) is 0 Å². The first kappa shape index (κ1) is 24.6. The third kappa shape index (κ3) is 5.16. The molecule has 0 bridgehead atoms. The van der Waals surface area contributed by atoms with Crippen LogP contribution < -0.4 is 21.3 Å². The molecule has 3 aliphatic rings. The fourth-order valence-electron chi connectivity index (χ4n) is 5.30. The Labute approximate surface area is 222 Å². The number of H-pyrrole nitrogens is 1. The maximum atomic E-state index is 12.5. The molecular weight excluding hydrogens is 482 g/mol. The molecule has 11 nitrogen and oxygen atoms in total. The van der Waals surface area contributed by atoms with E-state index >= 15 is 0 Å². The summed E-state index contributed by atoms with van der Waals surface area (Å²) in [5, 5.41) is 14.2. The number of nitrogens with zero attached hydrogens (tertiary/aromatic N) is 5. The molecule has 1 unspecified atom stereocenters. The smallest absolute Gasteiger partial charge is 0.271 e. The number of primary amides is 1. The highest BCUT2D eigenvalue weighted by Gasteiger charge is 2.48. The Morgan fingerprint density at radius 2 is 1.89 bits per heavy atom. The summed E-state index contributed by atoms with van der Waals surface area (Å²) in [5.74, 6) is 0.231. The number of aromatic amines is 1. The van der Waals surface area contributed by atoms with E-state index in [9.17, 15) is 4.79 Å². The number of carbonyl (C=O) groups is 1. The fraction of sp³-hybridized carbons (Fsp3) is 0.481. The van der Waals surface area contributed by atoms with Gasteiger partial charge in [-0.3, -0.25) is 9.89 Å². The van der Waals surface area contributed by atoms with Gasteiger partial charge in [0.05, 0.1) is 5.60 Å². The van der Waals surface area contributed by atoms with E-state index in [4.69, 9.17) is 15.5 Å². The van der Waals surface area contributed by atoms with Crippen LogP contribution in [-0.4, -0.2) is 82.4 Å². The predicted octanol–water partition coefficient (Wildman–Crippen LogP) is 2.89. The first-order chi connectivity index (χ1) is 18.4. The van der Waals surface area contributed by atoms with Gasteiger partial charge in [0, 0.05) is 55.9 Å². The molecule has 1 aromatic carbocycles. The molecule has 1 aliphatic carbocycles. The Morgan fingerprint density at radius 1 is 1.13 bits per heavy atom. The van der Waals surface area contributed by atoms with E-state index in [1.54, 1.807) is 0 Å². The minimum Gasteiger partial charge on any atom is -0.375 e. The number of ether oxygens (including phenoxy) is 1. The Hall–Kier alpha value is -3.70. The minimum absolute atomic E-state index is 0.00615. The molecule has 5 N–H and O–H groups in total. The average Bonchev–Trinajstić information content (AvgIpc) is 3.50. The largest absolute Gasteiger partial charge is 0.375 e. The molecular formula is C27H35N9O2. The van der Waals surface area contributed by atoms with Crippen LogP contribution in [0.1, 0.15) is 41.9 Å². The molecule has 11 heteroatoms. The molecule has 1 spiro atoms. The van der Waals surface area contributed by atoms with Crippen molar-refractivity contribution in [3.8, 4) is 11.4 Å². The highest BCUT2D eigenvalue weighted by molar-refractivity contribution is 5.97. The third-order valence-electron chi connectivity index (χ3n) is 7.72. The second kappa shape index (κ2) is 9.88. The first-order valence-corrected chi connectivity index (χ1v) is 13.3. The maximum Gasteiger partial charge on any atom is 0.271 e. The molecule has 1 amide bonds. The zero-order chi connectivity index (χ0) is 26.3. The van der Waals surface area contributed by atoms with Crippen molar-refractivity contribution in [2.24, 2.45) is 5.73 Å². The number of carbonyl (C=O) groups excluding carboxylic acids is 1. The van der Waals surface area contributed by atoms with Crippen molar-refractivity contribution in [2.75, 3.05) is 55.4 Å². The van der Waals surface area contributed by atoms with Crippen molar-refractivity contribution in [1.82, 2.24) is 25.1 Å². The van der Waals surface area contributed by atoms with Crippen LogP contribution in [0.3, 0.4) is 0 Å².